The Morgan fingerprint density at radius 2 is 1.75 bits per heavy atom. The van der Waals surface area contributed by atoms with Crippen LogP contribution in [0.1, 0.15) is 26.3 Å². The summed E-state index contributed by atoms with van der Waals surface area (Å²) in [4.78, 5) is 0. The molecule has 0 bridgehead atoms. The minimum absolute atomic E-state index is 0.0702. The lowest BCUT2D eigenvalue weighted by molar-refractivity contribution is 0.280. The first-order chi connectivity index (χ1) is 8.95. The van der Waals surface area contributed by atoms with E-state index < -0.39 is 21.5 Å². The number of hydrogen-bond acceptors (Lipinski definition) is 4. The molecule has 0 heterocycles. The van der Waals surface area contributed by atoms with Gasteiger partial charge in [0.25, 0.3) is 8.32 Å². The summed E-state index contributed by atoms with van der Waals surface area (Å²) in [5.41, 5.74) is 0.645. The van der Waals surface area contributed by atoms with Crippen LogP contribution in [0.15, 0.2) is 12.1 Å². The molecule has 112 valence electrons. The molecule has 0 saturated carbocycles. The third-order valence-electron chi connectivity index (χ3n) is 3.65. The lowest BCUT2D eigenvalue weighted by Crippen LogP contribution is -2.44. The highest BCUT2D eigenvalue weighted by molar-refractivity contribution is 6.74. The van der Waals surface area contributed by atoms with Crippen LogP contribution in [0.5, 0.6) is 11.5 Å². The van der Waals surface area contributed by atoms with Crippen molar-refractivity contribution in [3.05, 3.63) is 23.5 Å². The van der Waals surface area contributed by atoms with Crippen LogP contribution in [-0.4, -0.2) is 25.7 Å². The summed E-state index contributed by atoms with van der Waals surface area (Å²) in [7, 11) is -4.25. The molecule has 0 radical (unpaired) electrons. The molecule has 1 aromatic carbocycles. The average Bonchev–Trinajstić information content (AvgIpc) is 2.26. The normalized spacial score (nSPS) is 12.2. The maximum absolute atomic E-state index is 14.4. The highest BCUT2D eigenvalue weighted by Gasteiger charge is 2.40. The van der Waals surface area contributed by atoms with Crippen LogP contribution in [0.4, 0.5) is 4.39 Å². The maximum Gasteiger partial charge on any atom is 0.707 e. The topological polar surface area (TPSA) is 58.9 Å². The van der Waals surface area contributed by atoms with Crippen molar-refractivity contribution >= 4 is 15.6 Å². The fourth-order valence-corrected chi connectivity index (χ4v) is 2.44. The van der Waals surface area contributed by atoms with Gasteiger partial charge in [-0.05, 0) is 36.7 Å². The van der Waals surface area contributed by atoms with Crippen molar-refractivity contribution < 1.29 is 23.5 Å². The summed E-state index contributed by atoms with van der Waals surface area (Å²) in [6.45, 7) is 11.9. The van der Waals surface area contributed by atoms with E-state index in [1.54, 1.807) is 13.0 Å². The Labute approximate surface area is 120 Å². The maximum atomic E-state index is 14.4. The predicted molar refractivity (Wildman–Crippen MR) is 79.8 cm³/mol. The average molecular weight is 300 g/mol. The largest absolute Gasteiger partial charge is 0.707 e. The van der Waals surface area contributed by atoms with E-state index in [1.807, 2.05) is 13.1 Å². The Balaban J connectivity index is 3.18. The Kier molecular flexibility index (Phi) is 4.89. The van der Waals surface area contributed by atoms with E-state index >= 15 is 0 Å². The van der Waals surface area contributed by atoms with E-state index in [2.05, 4.69) is 25.4 Å². The second kappa shape index (κ2) is 5.75. The standard InChI is InChI=1S/C13H22BFO4Si/c1-9-7-8-10(18-14(16)17)11(15)12(9)19-20(5,6)13(2,3)4/h7-8,16-17H,1-6H3. The molecular weight excluding hydrogens is 278 g/mol. The molecular formula is C13H22BFO4Si. The van der Waals surface area contributed by atoms with Gasteiger partial charge < -0.3 is 19.1 Å². The van der Waals surface area contributed by atoms with Gasteiger partial charge in [0, 0.05) is 0 Å². The fourth-order valence-electron chi connectivity index (χ4n) is 1.37. The van der Waals surface area contributed by atoms with Crippen molar-refractivity contribution in [2.75, 3.05) is 0 Å². The van der Waals surface area contributed by atoms with Crippen LogP contribution < -0.4 is 9.08 Å². The predicted octanol–water partition coefficient (Wildman–Crippen LogP) is 2.87. The van der Waals surface area contributed by atoms with Crippen molar-refractivity contribution in [1.29, 1.82) is 0 Å². The van der Waals surface area contributed by atoms with Gasteiger partial charge in [0.05, 0.1) is 0 Å². The highest BCUT2D eigenvalue weighted by atomic mass is 28.4. The SMILES string of the molecule is Cc1ccc(OB(O)O)c(F)c1O[Si](C)(C)C(C)(C)C. The Morgan fingerprint density at radius 1 is 1.20 bits per heavy atom. The van der Waals surface area contributed by atoms with E-state index in [0.717, 1.165) is 0 Å². The zero-order valence-corrected chi connectivity index (χ0v) is 13.8. The molecule has 1 rings (SSSR count). The monoisotopic (exact) mass is 300 g/mol. The molecule has 20 heavy (non-hydrogen) atoms. The Hall–Kier alpha value is -1.05. The van der Waals surface area contributed by atoms with Gasteiger partial charge in [0.1, 0.15) is 11.5 Å². The fraction of sp³-hybridized carbons (Fsp3) is 0.538. The van der Waals surface area contributed by atoms with Gasteiger partial charge in [-0.2, -0.15) is 4.39 Å². The number of hydrogen-bond donors (Lipinski definition) is 2. The zero-order valence-electron chi connectivity index (χ0n) is 12.8. The van der Waals surface area contributed by atoms with Crippen LogP contribution >= 0.6 is 0 Å². The molecule has 4 nitrogen and oxygen atoms in total. The Morgan fingerprint density at radius 3 is 2.20 bits per heavy atom. The van der Waals surface area contributed by atoms with Crippen LogP contribution in [0.2, 0.25) is 18.1 Å². The molecule has 7 heteroatoms. The number of benzene rings is 1. The van der Waals surface area contributed by atoms with Crippen molar-refractivity contribution in [3.63, 3.8) is 0 Å². The number of halogens is 1. The second-order valence-corrected chi connectivity index (χ2v) is 11.1. The van der Waals surface area contributed by atoms with E-state index in [4.69, 9.17) is 14.5 Å². The molecule has 0 aliphatic heterocycles. The first-order valence-electron chi connectivity index (χ1n) is 6.46. The minimum atomic E-state index is -2.19. The van der Waals surface area contributed by atoms with Gasteiger partial charge in [-0.3, -0.25) is 0 Å². The molecule has 0 saturated heterocycles. The van der Waals surface area contributed by atoms with Crippen LogP contribution in [0, 0.1) is 12.7 Å². The van der Waals surface area contributed by atoms with E-state index in [-0.39, 0.29) is 16.5 Å². The van der Waals surface area contributed by atoms with E-state index in [9.17, 15) is 4.39 Å². The molecule has 0 amide bonds. The van der Waals surface area contributed by atoms with E-state index in [1.165, 1.54) is 6.07 Å². The zero-order chi connectivity index (χ0) is 15.7. The first kappa shape index (κ1) is 17.0. The van der Waals surface area contributed by atoms with Gasteiger partial charge >= 0.3 is 7.32 Å². The van der Waals surface area contributed by atoms with Crippen LogP contribution in [0.3, 0.4) is 0 Å². The summed E-state index contributed by atoms with van der Waals surface area (Å²) in [5, 5.41) is 17.5. The summed E-state index contributed by atoms with van der Waals surface area (Å²) < 4.78 is 24.9. The van der Waals surface area contributed by atoms with Crippen LogP contribution in [0.25, 0.3) is 0 Å². The molecule has 0 fully saturated rings. The summed E-state index contributed by atoms with van der Waals surface area (Å²) in [6.07, 6.45) is 0. The van der Waals surface area contributed by atoms with Crippen molar-refractivity contribution in [2.45, 2.75) is 45.8 Å². The molecule has 2 N–H and O–H groups in total. The molecule has 0 aromatic heterocycles. The van der Waals surface area contributed by atoms with Gasteiger partial charge in [-0.25, -0.2) is 0 Å². The summed E-state index contributed by atoms with van der Waals surface area (Å²) in [5.74, 6) is -0.822. The molecule has 0 spiro atoms. The lowest BCUT2D eigenvalue weighted by atomic mass is 10.2. The summed E-state index contributed by atoms with van der Waals surface area (Å²) in [6, 6.07) is 2.98. The number of rotatable bonds is 4. The smallest absolute Gasteiger partial charge is 0.541 e. The molecule has 0 atom stereocenters. The van der Waals surface area contributed by atoms with Crippen molar-refractivity contribution in [2.24, 2.45) is 0 Å². The molecule has 0 unspecified atom stereocenters. The van der Waals surface area contributed by atoms with Gasteiger partial charge in [-0.1, -0.05) is 26.8 Å². The lowest BCUT2D eigenvalue weighted by Gasteiger charge is -2.37. The van der Waals surface area contributed by atoms with Crippen LogP contribution in [-0.2, 0) is 0 Å². The second-order valence-electron chi connectivity index (χ2n) is 6.33. The molecule has 1 aromatic rings. The highest BCUT2D eigenvalue weighted by Crippen LogP contribution is 2.40. The quantitative estimate of drug-likeness (QED) is 0.840. The van der Waals surface area contributed by atoms with Crippen molar-refractivity contribution in [3.8, 4) is 11.5 Å². The molecule has 0 aliphatic carbocycles. The number of aryl methyl sites for hydroxylation is 1. The third-order valence-corrected chi connectivity index (χ3v) is 7.98. The summed E-state index contributed by atoms with van der Waals surface area (Å²) >= 11 is 0. The minimum Gasteiger partial charge on any atom is -0.541 e. The van der Waals surface area contributed by atoms with Gasteiger partial charge in [-0.15, -0.1) is 0 Å². The Bertz CT molecular complexity index is 486. The van der Waals surface area contributed by atoms with Gasteiger partial charge in [0.15, 0.2) is 0 Å². The van der Waals surface area contributed by atoms with E-state index in [0.29, 0.717) is 5.56 Å². The van der Waals surface area contributed by atoms with Gasteiger partial charge in [0.2, 0.25) is 5.82 Å². The first-order valence-corrected chi connectivity index (χ1v) is 9.37. The van der Waals surface area contributed by atoms with Crippen molar-refractivity contribution in [1.82, 2.24) is 0 Å². The molecule has 0 aliphatic rings. The third kappa shape index (κ3) is 3.74.